The van der Waals surface area contributed by atoms with Crippen molar-refractivity contribution < 1.29 is 19.5 Å². The molecule has 7 heteroatoms. The number of amides is 2. The fraction of sp³-hybridized carbons (Fsp3) is 0.700. The zero-order chi connectivity index (χ0) is 13.6. The molecule has 0 aliphatic carbocycles. The van der Waals surface area contributed by atoms with Crippen LogP contribution in [0.25, 0.3) is 0 Å². The molecule has 1 unspecified atom stereocenters. The Bertz CT molecular complexity index is 304. The molecule has 0 aromatic carbocycles. The van der Waals surface area contributed by atoms with Crippen molar-refractivity contribution in [1.29, 1.82) is 0 Å². The summed E-state index contributed by atoms with van der Waals surface area (Å²) in [6.07, 6.45) is -0.434. The Morgan fingerprint density at radius 1 is 1.29 bits per heavy atom. The van der Waals surface area contributed by atoms with E-state index in [0.29, 0.717) is 0 Å². The van der Waals surface area contributed by atoms with Gasteiger partial charge in [-0.25, -0.2) is 4.79 Å². The van der Waals surface area contributed by atoms with Gasteiger partial charge in [-0.15, -0.1) is 0 Å². The van der Waals surface area contributed by atoms with Gasteiger partial charge in [0, 0.05) is 6.54 Å². The van der Waals surface area contributed by atoms with E-state index in [1.165, 1.54) is 0 Å². The highest BCUT2D eigenvalue weighted by Gasteiger charge is 2.27. The van der Waals surface area contributed by atoms with E-state index < -0.39 is 36.2 Å². The number of rotatable bonds is 7. The third-order valence-corrected chi connectivity index (χ3v) is 2.42. The third-order valence-electron chi connectivity index (χ3n) is 2.42. The largest absolute Gasteiger partial charge is 0.480 e. The van der Waals surface area contributed by atoms with Crippen molar-refractivity contribution in [3.8, 4) is 0 Å². The summed E-state index contributed by atoms with van der Waals surface area (Å²) in [5.74, 6) is -3.05. The molecule has 17 heavy (non-hydrogen) atoms. The van der Waals surface area contributed by atoms with Crippen molar-refractivity contribution in [2.24, 2.45) is 23.3 Å². The molecule has 2 amide bonds. The Balaban J connectivity index is 4.59. The Kier molecular flexibility index (Phi) is 6.19. The topological polar surface area (TPSA) is 136 Å². The summed E-state index contributed by atoms with van der Waals surface area (Å²) >= 11 is 0. The van der Waals surface area contributed by atoms with Gasteiger partial charge in [0.05, 0.1) is 12.3 Å². The molecule has 0 heterocycles. The molecule has 0 rings (SSSR count). The fourth-order valence-electron chi connectivity index (χ4n) is 1.36. The summed E-state index contributed by atoms with van der Waals surface area (Å²) in [5.41, 5.74) is 10.3. The molecular weight excluding hydrogens is 226 g/mol. The molecule has 0 aliphatic heterocycles. The summed E-state index contributed by atoms with van der Waals surface area (Å²) in [4.78, 5) is 33.2. The first-order chi connectivity index (χ1) is 7.79. The van der Waals surface area contributed by atoms with Crippen molar-refractivity contribution in [3.63, 3.8) is 0 Å². The van der Waals surface area contributed by atoms with E-state index in [2.05, 4.69) is 5.32 Å². The van der Waals surface area contributed by atoms with Crippen LogP contribution in [0.4, 0.5) is 0 Å². The molecule has 0 spiro atoms. The number of hydrogen-bond acceptors (Lipinski definition) is 4. The van der Waals surface area contributed by atoms with Crippen LogP contribution in [0.15, 0.2) is 0 Å². The maximum absolute atomic E-state index is 11.7. The minimum Gasteiger partial charge on any atom is -0.480 e. The standard InChI is InChI=1S/C10H19N3O4/c1-5(2)6(4-11)9(15)13-7(10(16)17)3-8(12)14/h5-7H,3-4,11H2,1-2H3,(H2,12,14)(H,13,15)(H,16,17)/t6?,7-/m1/s1. The van der Waals surface area contributed by atoms with Crippen molar-refractivity contribution in [2.75, 3.05) is 6.54 Å². The number of carbonyl (C=O) groups is 3. The number of nitrogens with two attached hydrogens (primary N) is 2. The van der Waals surface area contributed by atoms with Crippen LogP contribution in [-0.4, -0.2) is 35.5 Å². The number of primary amides is 1. The van der Waals surface area contributed by atoms with E-state index in [9.17, 15) is 14.4 Å². The molecule has 0 fully saturated rings. The molecule has 0 saturated carbocycles. The van der Waals surface area contributed by atoms with Crippen LogP contribution in [0.1, 0.15) is 20.3 Å². The average molecular weight is 245 g/mol. The first kappa shape index (κ1) is 15.4. The quantitative estimate of drug-likeness (QED) is 0.440. The zero-order valence-corrected chi connectivity index (χ0v) is 9.97. The van der Waals surface area contributed by atoms with Crippen LogP contribution in [0.5, 0.6) is 0 Å². The smallest absolute Gasteiger partial charge is 0.326 e. The number of aliphatic carboxylic acids is 1. The van der Waals surface area contributed by atoms with Crippen LogP contribution < -0.4 is 16.8 Å². The van der Waals surface area contributed by atoms with Crippen LogP contribution in [-0.2, 0) is 14.4 Å². The van der Waals surface area contributed by atoms with Gasteiger partial charge < -0.3 is 21.9 Å². The zero-order valence-electron chi connectivity index (χ0n) is 9.97. The lowest BCUT2D eigenvalue weighted by molar-refractivity contribution is -0.144. The van der Waals surface area contributed by atoms with Crippen molar-refractivity contribution in [2.45, 2.75) is 26.3 Å². The average Bonchev–Trinajstić information content (AvgIpc) is 2.15. The summed E-state index contributed by atoms with van der Waals surface area (Å²) in [6, 6.07) is -1.30. The molecule has 0 aromatic heterocycles. The van der Waals surface area contributed by atoms with Crippen molar-refractivity contribution >= 4 is 17.8 Å². The third kappa shape index (κ3) is 5.30. The van der Waals surface area contributed by atoms with Gasteiger partial charge in [-0.3, -0.25) is 9.59 Å². The number of carbonyl (C=O) groups excluding carboxylic acids is 2. The lowest BCUT2D eigenvalue weighted by atomic mass is 9.94. The fourth-order valence-corrected chi connectivity index (χ4v) is 1.36. The van der Waals surface area contributed by atoms with Gasteiger partial charge in [0.1, 0.15) is 6.04 Å². The summed E-state index contributed by atoms with van der Waals surface area (Å²) in [5, 5.41) is 11.1. The Morgan fingerprint density at radius 3 is 2.12 bits per heavy atom. The molecule has 0 radical (unpaired) electrons. The van der Waals surface area contributed by atoms with Gasteiger partial charge >= 0.3 is 5.97 Å². The van der Waals surface area contributed by atoms with Crippen LogP contribution in [0.3, 0.4) is 0 Å². The van der Waals surface area contributed by atoms with E-state index in [1.54, 1.807) is 13.8 Å². The number of carboxylic acids is 1. The number of carboxylic acid groups (broad SMARTS) is 1. The predicted molar refractivity (Wildman–Crippen MR) is 60.8 cm³/mol. The van der Waals surface area contributed by atoms with Crippen LogP contribution >= 0.6 is 0 Å². The van der Waals surface area contributed by atoms with Gasteiger partial charge in [-0.05, 0) is 5.92 Å². The summed E-state index contributed by atoms with van der Waals surface area (Å²) < 4.78 is 0. The maximum atomic E-state index is 11.7. The lowest BCUT2D eigenvalue weighted by Crippen LogP contribution is -2.48. The van der Waals surface area contributed by atoms with Crippen LogP contribution in [0.2, 0.25) is 0 Å². The molecule has 98 valence electrons. The molecule has 0 bridgehead atoms. The normalized spacial score (nSPS) is 14.1. The molecule has 2 atom stereocenters. The van der Waals surface area contributed by atoms with Gasteiger partial charge in [-0.2, -0.15) is 0 Å². The predicted octanol–water partition coefficient (Wildman–Crippen LogP) is -1.34. The first-order valence-corrected chi connectivity index (χ1v) is 5.31. The molecule has 0 aromatic rings. The maximum Gasteiger partial charge on any atom is 0.326 e. The Labute approximate surface area is 99.5 Å². The molecule has 0 aliphatic rings. The van der Waals surface area contributed by atoms with E-state index in [-0.39, 0.29) is 12.5 Å². The SMILES string of the molecule is CC(C)C(CN)C(=O)N[C@H](CC(N)=O)C(=O)O. The number of nitrogens with one attached hydrogen (secondary N) is 1. The molecular formula is C10H19N3O4. The molecule has 7 nitrogen and oxygen atoms in total. The first-order valence-electron chi connectivity index (χ1n) is 5.31. The van der Waals surface area contributed by atoms with Gasteiger partial charge in [0.25, 0.3) is 0 Å². The minimum atomic E-state index is -1.30. The Morgan fingerprint density at radius 2 is 1.82 bits per heavy atom. The highest BCUT2D eigenvalue weighted by molar-refractivity contribution is 5.89. The highest BCUT2D eigenvalue weighted by atomic mass is 16.4. The van der Waals surface area contributed by atoms with Gasteiger partial charge in [0.2, 0.25) is 11.8 Å². The van der Waals surface area contributed by atoms with E-state index in [4.69, 9.17) is 16.6 Å². The molecule has 0 saturated heterocycles. The monoisotopic (exact) mass is 245 g/mol. The van der Waals surface area contributed by atoms with Crippen LogP contribution in [0, 0.1) is 11.8 Å². The number of hydrogen-bond donors (Lipinski definition) is 4. The minimum absolute atomic E-state index is 0.0111. The summed E-state index contributed by atoms with van der Waals surface area (Å²) in [7, 11) is 0. The van der Waals surface area contributed by atoms with Crippen molar-refractivity contribution in [1.82, 2.24) is 5.32 Å². The second-order valence-electron chi connectivity index (χ2n) is 4.16. The van der Waals surface area contributed by atoms with Gasteiger partial charge in [0.15, 0.2) is 0 Å². The highest BCUT2D eigenvalue weighted by Crippen LogP contribution is 2.09. The lowest BCUT2D eigenvalue weighted by Gasteiger charge is -2.21. The second kappa shape index (κ2) is 6.85. The van der Waals surface area contributed by atoms with E-state index in [1.807, 2.05) is 0 Å². The van der Waals surface area contributed by atoms with E-state index in [0.717, 1.165) is 0 Å². The second-order valence-corrected chi connectivity index (χ2v) is 4.16. The Hall–Kier alpha value is -1.63. The van der Waals surface area contributed by atoms with E-state index >= 15 is 0 Å². The summed E-state index contributed by atoms with van der Waals surface area (Å²) in [6.45, 7) is 3.73. The molecule has 6 N–H and O–H groups in total. The van der Waals surface area contributed by atoms with Crippen molar-refractivity contribution in [3.05, 3.63) is 0 Å². The van der Waals surface area contributed by atoms with Gasteiger partial charge in [-0.1, -0.05) is 13.8 Å².